The van der Waals surface area contributed by atoms with Gasteiger partial charge >= 0.3 is 0 Å². The minimum Gasteiger partial charge on any atom is -0.350 e. The fourth-order valence-corrected chi connectivity index (χ4v) is 2.78. The van der Waals surface area contributed by atoms with Crippen LogP contribution in [0.15, 0.2) is 48.5 Å². The van der Waals surface area contributed by atoms with Crippen molar-refractivity contribution >= 4 is 16.9 Å². The number of aryl methyl sites for hydroxylation is 3. The van der Waals surface area contributed by atoms with Gasteiger partial charge in [0.25, 0.3) is 5.91 Å². The first-order valence-corrected chi connectivity index (χ1v) is 8.63. The second-order valence-corrected chi connectivity index (χ2v) is 6.50. The van der Waals surface area contributed by atoms with Crippen LogP contribution in [-0.2, 0) is 6.42 Å². The lowest BCUT2D eigenvalue weighted by Gasteiger charge is -2.14. The van der Waals surface area contributed by atoms with Gasteiger partial charge in [0, 0.05) is 11.6 Å². The van der Waals surface area contributed by atoms with Gasteiger partial charge in [0.2, 0.25) is 0 Å². The lowest BCUT2D eigenvalue weighted by molar-refractivity contribution is 0.0938. The van der Waals surface area contributed by atoms with Crippen LogP contribution >= 0.6 is 0 Å². The molecule has 3 aromatic rings. The lowest BCUT2D eigenvalue weighted by atomic mass is 10.1. The predicted molar refractivity (Wildman–Crippen MR) is 101 cm³/mol. The van der Waals surface area contributed by atoms with Crippen LogP contribution in [0.25, 0.3) is 11.0 Å². The first kappa shape index (κ1) is 17.1. The molecule has 2 aromatic carbocycles. The summed E-state index contributed by atoms with van der Waals surface area (Å²) in [6.45, 7) is 5.91. The highest BCUT2D eigenvalue weighted by Gasteiger charge is 2.12. The van der Waals surface area contributed by atoms with Crippen molar-refractivity contribution in [1.82, 2.24) is 15.3 Å². The van der Waals surface area contributed by atoms with E-state index in [9.17, 15) is 4.79 Å². The number of aromatic nitrogens is 2. The molecule has 0 fully saturated rings. The molecule has 0 bridgehead atoms. The molecule has 25 heavy (non-hydrogen) atoms. The van der Waals surface area contributed by atoms with Crippen molar-refractivity contribution in [2.45, 2.75) is 39.7 Å². The van der Waals surface area contributed by atoms with Crippen LogP contribution < -0.4 is 5.32 Å². The summed E-state index contributed by atoms with van der Waals surface area (Å²) < 4.78 is 0. The monoisotopic (exact) mass is 333 g/mol. The number of rotatable bonds is 5. The molecule has 1 amide bonds. The zero-order valence-corrected chi connectivity index (χ0v) is 14.9. The van der Waals surface area contributed by atoms with Crippen LogP contribution in [0.1, 0.15) is 40.7 Å². The summed E-state index contributed by atoms with van der Waals surface area (Å²) in [4.78, 5) is 21.5. The fraction of sp³-hybridized carbons (Fsp3) is 0.286. The van der Waals surface area contributed by atoms with E-state index in [0.717, 1.165) is 35.3 Å². The first-order chi connectivity index (χ1) is 12.0. The summed E-state index contributed by atoms with van der Waals surface area (Å²) in [5.74, 6) is -0.0671. The number of amides is 1. The minimum absolute atomic E-state index is 0.0671. The van der Waals surface area contributed by atoms with Crippen molar-refractivity contribution in [3.8, 4) is 0 Å². The molecule has 0 aliphatic heterocycles. The van der Waals surface area contributed by atoms with Crippen molar-refractivity contribution in [2.24, 2.45) is 0 Å². The van der Waals surface area contributed by atoms with Gasteiger partial charge in [-0.2, -0.15) is 0 Å². The largest absolute Gasteiger partial charge is 0.350 e. The molecule has 0 radical (unpaired) electrons. The summed E-state index contributed by atoms with van der Waals surface area (Å²) in [5, 5.41) is 3.07. The molecule has 1 N–H and O–H groups in total. The number of nitrogens with one attached hydrogen (secondary N) is 1. The van der Waals surface area contributed by atoms with E-state index in [1.54, 1.807) is 0 Å². The Labute approximate surface area is 148 Å². The molecule has 4 heteroatoms. The Morgan fingerprint density at radius 3 is 2.40 bits per heavy atom. The van der Waals surface area contributed by atoms with Gasteiger partial charge in [0.1, 0.15) is 0 Å². The average Bonchev–Trinajstić information content (AvgIpc) is 2.61. The number of fused-ring (bicyclic) bond motifs is 1. The van der Waals surface area contributed by atoms with Crippen LogP contribution in [0.3, 0.4) is 0 Å². The third-order valence-corrected chi connectivity index (χ3v) is 4.42. The van der Waals surface area contributed by atoms with E-state index >= 15 is 0 Å². The third kappa shape index (κ3) is 4.21. The van der Waals surface area contributed by atoms with Gasteiger partial charge in [-0.05, 0) is 57.4 Å². The average molecular weight is 333 g/mol. The highest BCUT2D eigenvalue weighted by atomic mass is 16.1. The number of benzene rings is 2. The molecule has 0 saturated carbocycles. The van der Waals surface area contributed by atoms with Gasteiger partial charge in [-0.25, -0.2) is 9.97 Å². The number of carbonyl (C=O) groups excluding carboxylic acids is 1. The lowest BCUT2D eigenvalue weighted by Crippen LogP contribution is -2.32. The van der Waals surface area contributed by atoms with Gasteiger partial charge < -0.3 is 5.32 Å². The Kier molecular flexibility index (Phi) is 5.08. The Bertz CT molecular complexity index is 890. The number of nitrogens with zero attached hydrogens (tertiary/aromatic N) is 2. The smallest absolute Gasteiger partial charge is 0.251 e. The molecule has 0 saturated heterocycles. The fourth-order valence-electron chi connectivity index (χ4n) is 2.78. The van der Waals surface area contributed by atoms with Crippen LogP contribution in [0.2, 0.25) is 0 Å². The summed E-state index contributed by atoms with van der Waals surface area (Å²) in [5.41, 5.74) is 5.29. The van der Waals surface area contributed by atoms with Crippen molar-refractivity contribution in [1.29, 1.82) is 0 Å². The molecule has 0 aliphatic rings. The van der Waals surface area contributed by atoms with Crippen LogP contribution in [-0.4, -0.2) is 21.9 Å². The molecular weight excluding hydrogens is 310 g/mol. The van der Waals surface area contributed by atoms with Gasteiger partial charge in [0.05, 0.1) is 22.4 Å². The summed E-state index contributed by atoms with van der Waals surface area (Å²) in [6, 6.07) is 15.9. The number of hydrogen-bond acceptors (Lipinski definition) is 3. The topological polar surface area (TPSA) is 54.9 Å². The van der Waals surface area contributed by atoms with Gasteiger partial charge in [0.15, 0.2) is 0 Å². The minimum atomic E-state index is -0.0671. The van der Waals surface area contributed by atoms with Crippen LogP contribution in [0, 0.1) is 13.8 Å². The molecule has 0 spiro atoms. The molecule has 1 atom stereocenters. The van der Waals surface area contributed by atoms with E-state index in [1.807, 2.05) is 57.2 Å². The van der Waals surface area contributed by atoms with Crippen molar-refractivity contribution in [3.63, 3.8) is 0 Å². The van der Waals surface area contributed by atoms with Crippen LogP contribution in [0.5, 0.6) is 0 Å². The zero-order valence-electron chi connectivity index (χ0n) is 14.9. The third-order valence-electron chi connectivity index (χ3n) is 4.42. The van der Waals surface area contributed by atoms with Crippen molar-refractivity contribution in [2.75, 3.05) is 0 Å². The van der Waals surface area contributed by atoms with E-state index < -0.39 is 0 Å². The molecular formula is C21H23N3O. The van der Waals surface area contributed by atoms with E-state index in [1.165, 1.54) is 5.56 Å². The normalized spacial score (nSPS) is 12.1. The Morgan fingerprint density at radius 1 is 1.00 bits per heavy atom. The number of carbonyl (C=O) groups is 1. The maximum Gasteiger partial charge on any atom is 0.251 e. The first-order valence-electron chi connectivity index (χ1n) is 8.63. The molecule has 4 nitrogen and oxygen atoms in total. The van der Waals surface area contributed by atoms with E-state index in [4.69, 9.17) is 0 Å². The van der Waals surface area contributed by atoms with Crippen molar-refractivity contribution < 1.29 is 4.79 Å². The molecule has 3 rings (SSSR count). The van der Waals surface area contributed by atoms with Gasteiger partial charge in [-0.1, -0.05) is 30.3 Å². The second kappa shape index (κ2) is 7.43. The van der Waals surface area contributed by atoms with E-state index in [0.29, 0.717) is 5.56 Å². The SMILES string of the molecule is Cc1nc2ccc(C(=O)NC(C)CCc3ccccc3)cc2nc1C. The number of hydrogen-bond donors (Lipinski definition) is 1. The molecule has 1 aromatic heterocycles. The van der Waals surface area contributed by atoms with Gasteiger partial charge in [-0.15, -0.1) is 0 Å². The standard InChI is InChI=1S/C21H23N3O/c1-14(9-10-17-7-5-4-6-8-17)22-21(25)18-11-12-19-20(13-18)24-16(3)15(2)23-19/h4-8,11-14H,9-10H2,1-3H3,(H,22,25). The highest BCUT2D eigenvalue weighted by molar-refractivity contribution is 5.97. The molecule has 1 unspecified atom stereocenters. The second-order valence-electron chi connectivity index (χ2n) is 6.50. The highest BCUT2D eigenvalue weighted by Crippen LogP contribution is 2.15. The zero-order chi connectivity index (χ0) is 17.8. The maximum absolute atomic E-state index is 12.5. The van der Waals surface area contributed by atoms with E-state index in [-0.39, 0.29) is 11.9 Å². The molecule has 128 valence electrons. The Hall–Kier alpha value is -2.75. The Morgan fingerprint density at radius 2 is 1.68 bits per heavy atom. The van der Waals surface area contributed by atoms with E-state index in [2.05, 4.69) is 27.4 Å². The van der Waals surface area contributed by atoms with Crippen molar-refractivity contribution in [3.05, 3.63) is 71.0 Å². The Balaban J connectivity index is 1.66. The molecule has 0 aliphatic carbocycles. The summed E-state index contributed by atoms with van der Waals surface area (Å²) in [6.07, 6.45) is 1.85. The summed E-state index contributed by atoms with van der Waals surface area (Å²) >= 11 is 0. The quantitative estimate of drug-likeness (QED) is 0.768. The summed E-state index contributed by atoms with van der Waals surface area (Å²) in [7, 11) is 0. The maximum atomic E-state index is 12.5. The van der Waals surface area contributed by atoms with Crippen LogP contribution in [0.4, 0.5) is 0 Å². The molecule has 1 heterocycles. The van der Waals surface area contributed by atoms with Gasteiger partial charge in [-0.3, -0.25) is 4.79 Å². The predicted octanol–water partition coefficient (Wildman–Crippen LogP) is 4.00.